The SMILES string of the molecule is O=C1CCCC1(CSC(F)(F)F)c1ccc2c(c1)OCO2. The Balaban J connectivity index is 1.94. The first-order valence-corrected chi connectivity index (χ1v) is 7.53. The molecule has 1 atom stereocenters. The monoisotopic (exact) mass is 318 g/mol. The van der Waals surface area contributed by atoms with E-state index in [4.69, 9.17) is 9.47 Å². The lowest BCUT2D eigenvalue weighted by atomic mass is 9.80. The number of ether oxygens (including phenoxy) is 2. The smallest absolute Gasteiger partial charge is 0.441 e. The predicted octanol–water partition coefficient (Wildman–Crippen LogP) is 3.66. The van der Waals surface area contributed by atoms with E-state index >= 15 is 0 Å². The number of benzene rings is 1. The molecule has 0 amide bonds. The summed E-state index contributed by atoms with van der Waals surface area (Å²) < 4.78 is 48.1. The van der Waals surface area contributed by atoms with E-state index in [9.17, 15) is 18.0 Å². The molecule has 1 aromatic rings. The standard InChI is InChI=1S/C14H13F3O3S/c15-14(16,17)21-7-13(5-1-2-12(13)18)9-3-4-10-11(6-9)20-8-19-10/h3-4,6H,1-2,5,7-8H2. The van der Waals surface area contributed by atoms with Gasteiger partial charge in [-0.05, 0) is 42.3 Å². The van der Waals surface area contributed by atoms with Crippen LogP contribution in [0.2, 0.25) is 0 Å². The van der Waals surface area contributed by atoms with Crippen molar-refractivity contribution in [2.24, 2.45) is 0 Å². The Morgan fingerprint density at radius 2 is 2.00 bits per heavy atom. The zero-order valence-electron chi connectivity index (χ0n) is 11.0. The third-order valence-corrected chi connectivity index (χ3v) is 4.91. The Morgan fingerprint density at radius 1 is 1.24 bits per heavy atom. The molecule has 3 rings (SSSR count). The molecule has 2 aliphatic rings. The molecule has 0 spiro atoms. The first-order chi connectivity index (χ1) is 9.91. The number of thioether (sulfide) groups is 1. The summed E-state index contributed by atoms with van der Waals surface area (Å²) in [6.45, 7) is 0.0943. The van der Waals surface area contributed by atoms with Crippen LogP contribution >= 0.6 is 11.8 Å². The van der Waals surface area contributed by atoms with Crippen molar-refractivity contribution in [2.75, 3.05) is 12.5 Å². The Kier molecular flexibility index (Phi) is 3.55. The number of ketones is 1. The Bertz CT molecular complexity index is 573. The third-order valence-electron chi connectivity index (χ3n) is 3.95. The van der Waals surface area contributed by atoms with Crippen molar-refractivity contribution >= 4 is 17.5 Å². The molecule has 1 aliphatic carbocycles. The number of carbonyl (C=O) groups excluding carboxylic acids is 1. The number of alkyl halides is 3. The maximum absolute atomic E-state index is 12.5. The van der Waals surface area contributed by atoms with Crippen molar-refractivity contribution in [3.8, 4) is 11.5 Å². The highest BCUT2D eigenvalue weighted by molar-refractivity contribution is 8.00. The molecule has 1 aromatic carbocycles. The molecule has 21 heavy (non-hydrogen) atoms. The topological polar surface area (TPSA) is 35.5 Å². The van der Waals surface area contributed by atoms with Crippen LogP contribution < -0.4 is 9.47 Å². The lowest BCUT2D eigenvalue weighted by Crippen LogP contribution is -2.34. The summed E-state index contributed by atoms with van der Waals surface area (Å²) in [5.74, 6) is 0.638. The highest BCUT2D eigenvalue weighted by Gasteiger charge is 2.46. The summed E-state index contributed by atoms with van der Waals surface area (Å²) in [6, 6.07) is 4.97. The minimum Gasteiger partial charge on any atom is -0.454 e. The summed E-state index contributed by atoms with van der Waals surface area (Å²) >= 11 is -0.131. The number of carbonyl (C=O) groups is 1. The van der Waals surface area contributed by atoms with Gasteiger partial charge in [-0.1, -0.05) is 6.07 Å². The average Bonchev–Trinajstić information content (AvgIpc) is 3.01. The molecule has 1 saturated carbocycles. The van der Waals surface area contributed by atoms with Crippen molar-refractivity contribution < 1.29 is 27.4 Å². The maximum Gasteiger partial charge on any atom is 0.441 e. The highest BCUT2D eigenvalue weighted by Crippen LogP contribution is 2.46. The van der Waals surface area contributed by atoms with Gasteiger partial charge in [0.05, 0.1) is 5.41 Å². The van der Waals surface area contributed by atoms with E-state index < -0.39 is 10.9 Å². The summed E-state index contributed by atoms with van der Waals surface area (Å²) in [4.78, 5) is 12.3. The summed E-state index contributed by atoms with van der Waals surface area (Å²) in [5, 5.41) is 0. The molecule has 3 nitrogen and oxygen atoms in total. The van der Waals surface area contributed by atoms with Crippen LogP contribution in [0.3, 0.4) is 0 Å². The van der Waals surface area contributed by atoms with Gasteiger partial charge in [0.2, 0.25) is 6.79 Å². The number of fused-ring (bicyclic) bond motifs is 1. The molecular formula is C14H13F3O3S. The van der Waals surface area contributed by atoms with Gasteiger partial charge in [0.1, 0.15) is 5.78 Å². The fourth-order valence-corrected chi connectivity index (χ4v) is 3.75. The summed E-state index contributed by atoms with van der Waals surface area (Å²) in [6.07, 6.45) is 1.38. The molecule has 7 heteroatoms. The highest BCUT2D eigenvalue weighted by atomic mass is 32.2. The molecule has 1 heterocycles. The first-order valence-electron chi connectivity index (χ1n) is 6.55. The zero-order valence-corrected chi connectivity index (χ0v) is 11.9. The summed E-state index contributed by atoms with van der Waals surface area (Å²) in [5.41, 5.74) is -4.82. The second-order valence-corrected chi connectivity index (χ2v) is 6.20. The minimum absolute atomic E-state index is 0.0943. The Morgan fingerprint density at radius 3 is 2.67 bits per heavy atom. The number of halogens is 3. The van der Waals surface area contributed by atoms with Crippen molar-refractivity contribution in [1.82, 2.24) is 0 Å². The van der Waals surface area contributed by atoms with Crippen molar-refractivity contribution in [1.29, 1.82) is 0 Å². The lowest BCUT2D eigenvalue weighted by Gasteiger charge is -2.28. The van der Waals surface area contributed by atoms with E-state index in [0.717, 1.165) is 0 Å². The van der Waals surface area contributed by atoms with Gasteiger partial charge in [0, 0.05) is 12.2 Å². The van der Waals surface area contributed by atoms with Crippen molar-refractivity contribution in [2.45, 2.75) is 30.2 Å². The average molecular weight is 318 g/mol. The van der Waals surface area contributed by atoms with E-state index in [1.807, 2.05) is 0 Å². The van der Waals surface area contributed by atoms with E-state index in [1.54, 1.807) is 18.2 Å². The second-order valence-electron chi connectivity index (χ2n) is 5.16. The molecule has 1 fully saturated rings. The van der Waals surface area contributed by atoms with Gasteiger partial charge in [-0.3, -0.25) is 4.79 Å². The van der Waals surface area contributed by atoms with Crippen LogP contribution in [0, 0.1) is 0 Å². The summed E-state index contributed by atoms with van der Waals surface area (Å²) in [7, 11) is 0. The maximum atomic E-state index is 12.5. The third kappa shape index (κ3) is 2.71. The first kappa shape index (κ1) is 14.6. The Hall–Kier alpha value is -1.37. The van der Waals surface area contributed by atoms with Gasteiger partial charge < -0.3 is 9.47 Å². The molecule has 0 aromatic heterocycles. The minimum atomic E-state index is -4.34. The molecule has 0 N–H and O–H groups in total. The van der Waals surface area contributed by atoms with Crippen LogP contribution in [0.4, 0.5) is 13.2 Å². The van der Waals surface area contributed by atoms with E-state index in [0.29, 0.717) is 36.3 Å². The van der Waals surface area contributed by atoms with Crippen LogP contribution in [0.15, 0.2) is 18.2 Å². The van der Waals surface area contributed by atoms with Crippen LogP contribution in [-0.4, -0.2) is 23.8 Å². The van der Waals surface area contributed by atoms with Gasteiger partial charge in [0.15, 0.2) is 11.5 Å². The predicted molar refractivity (Wildman–Crippen MR) is 71.6 cm³/mol. The number of rotatable bonds is 3. The van der Waals surface area contributed by atoms with Crippen molar-refractivity contribution in [3.63, 3.8) is 0 Å². The number of hydrogen-bond acceptors (Lipinski definition) is 4. The molecule has 0 saturated heterocycles. The van der Waals surface area contributed by atoms with E-state index in [2.05, 4.69) is 0 Å². The fourth-order valence-electron chi connectivity index (χ4n) is 2.87. The Labute approximate surface area is 123 Å². The van der Waals surface area contributed by atoms with Gasteiger partial charge >= 0.3 is 5.51 Å². The number of hydrogen-bond donors (Lipinski definition) is 0. The van der Waals surface area contributed by atoms with E-state index in [1.165, 1.54) is 0 Å². The molecular weight excluding hydrogens is 305 g/mol. The van der Waals surface area contributed by atoms with Crippen LogP contribution in [-0.2, 0) is 10.2 Å². The van der Waals surface area contributed by atoms with Gasteiger partial charge in [-0.15, -0.1) is 0 Å². The largest absolute Gasteiger partial charge is 0.454 e. The quantitative estimate of drug-likeness (QED) is 0.852. The normalized spacial score (nSPS) is 24.6. The van der Waals surface area contributed by atoms with E-state index in [-0.39, 0.29) is 30.1 Å². The fraction of sp³-hybridized carbons (Fsp3) is 0.500. The van der Waals surface area contributed by atoms with Gasteiger partial charge in [0.25, 0.3) is 0 Å². The van der Waals surface area contributed by atoms with Crippen LogP contribution in [0.1, 0.15) is 24.8 Å². The van der Waals surface area contributed by atoms with Crippen molar-refractivity contribution in [3.05, 3.63) is 23.8 Å². The number of Topliss-reactive ketones (excluding diaryl/α,β-unsaturated/α-hetero) is 1. The molecule has 0 bridgehead atoms. The molecule has 114 valence electrons. The van der Waals surface area contributed by atoms with Crippen LogP contribution in [0.5, 0.6) is 11.5 Å². The molecule has 1 unspecified atom stereocenters. The molecule has 1 aliphatic heterocycles. The lowest BCUT2D eigenvalue weighted by molar-refractivity contribution is -0.121. The van der Waals surface area contributed by atoms with Gasteiger partial charge in [-0.25, -0.2) is 0 Å². The second kappa shape index (κ2) is 5.12. The van der Waals surface area contributed by atoms with Crippen LogP contribution in [0.25, 0.3) is 0 Å². The van der Waals surface area contributed by atoms with Gasteiger partial charge in [-0.2, -0.15) is 13.2 Å². The molecule has 0 radical (unpaired) electrons. The zero-order chi connectivity index (χ0) is 15.1.